The van der Waals surface area contributed by atoms with Crippen LogP contribution in [0, 0.1) is 0 Å². The molecule has 0 saturated carbocycles. The topological polar surface area (TPSA) is 43.6 Å². The summed E-state index contributed by atoms with van der Waals surface area (Å²) < 4.78 is 2.09. The summed E-state index contributed by atoms with van der Waals surface area (Å²) in [4.78, 5) is 5.03. The molecule has 11 rings (SSSR count). The first kappa shape index (κ1) is 32.7. The van der Waals surface area contributed by atoms with Gasteiger partial charge in [-0.15, -0.1) is 10.2 Å². The molecule has 11 aromatic rings. The van der Waals surface area contributed by atoms with Crippen molar-refractivity contribution < 1.29 is 0 Å². The second kappa shape index (κ2) is 13.6. The van der Waals surface area contributed by atoms with Crippen molar-refractivity contribution in [3.05, 3.63) is 206 Å². The van der Waals surface area contributed by atoms with Crippen LogP contribution in [0.25, 0.3) is 105 Å². The van der Waals surface area contributed by atoms with Gasteiger partial charge in [-0.1, -0.05) is 164 Å². The van der Waals surface area contributed by atoms with E-state index in [1.165, 1.54) is 65.3 Å². The predicted octanol–water partition coefficient (Wildman–Crippen LogP) is 13.6. The molecule has 2 heterocycles. The Morgan fingerprint density at radius 3 is 1.46 bits per heavy atom. The van der Waals surface area contributed by atoms with E-state index in [2.05, 4.69) is 179 Å². The molecule has 0 unspecified atom stereocenters. The van der Waals surface area contributed by atoms with Crippen LogP contribution in [0.3, 0.4) is 0 Å². The number of rotatable bonds is 6. The molecular weight excluding hydrogens is 693 g/mol. The second-order valence-electron chi connectivity index (χ2n) is 14.5. The monoisotopic (exact) mass is 726 g/mol. The Morgan fingerprint density at radius 1 is 0.316 bits per heavy atom. The Labute approximate surface area is 330 Å². The molecule has 0 aliphatic rings. The van der Waals surface area contributed by atoms with Crippen molar-refractivity contribution >= 4 is 43.1 Å². The molecule has 266 valence electrons. The highest BCUT2D eigenvalue weighted by molar-refractivity contribution is 6.22. The molecular formula is C53H34N4. The third-order valence-corrected chi connectivity index (χ3v) is 11.1. The molecule has 2 aromatic heterocycles. The Balaban J connectivity index is 1.10. The minimum absolute atomic E-state index is 0.690. The second-order valence-corrected chi connectivity index (χ2v) is 14.5. The lowest BCUT2D eigenvalue weighted by atomic mass is 9.84. The van der Waals surface area contributed by atoms with E-state index in [1.807, 2.05) is 42.6 Å². The van der Waals surface area contributed by atoms with E-state index >= 15 is 0 Å². The zero-order chi connectivity index (χ0) is 37.7. The summed E-state index contributed by atoms with van der Waals surface area (Å²) in [5.41, 5.74) is 9.71. The summed E-state index contributed by atoms with van der Waals surface area (Å²) in [6, 6.07) is 71.3. The number of hydrogen-bond donors (Lipinski definition) is 0. The van der Waals surface area contributed by atoms with Gasteiger partial charge in [0, 0.05) is 23.0 Å². The summed E-state index contributed by atoms with van der Waals surface area (Å²) in [6.45, 7) is 0. The first-order valence-electron chi connectivity index (χ1n) is 19.3. The normalized spacial score (nSPS) is 11.5. The van der Waals surface area contributed by atoms with E-state index in [1.54, 1.807) is 0 Å². The highest BCUT2D eigenvalue weighted by Crippen LogP contribution is 2.46. The van der Waals surface area contributed by atoms with E-state index < -0.39 is 0 Å². The molecule has 0 fully saturated rings. The largest absolute Gasteiger partial charge is 0.274 e. The molecule has 57 heavy (non-hydrogen) atoms. The zero-order valence-electron chi connectivity index (χ0n) is 30.9. The average molecular weight is 727 g/mol. The highest BCUT2D eigenvalue weighted by Gasteiger charge is 2.20. The lowest BCUT2D eigenvalue weighted by molar-refractivity contribution is 1.06. The van der Waals surface area contributed by atoms with Gasteiger partial charge in [0.05, 0.1) is 0 Å². The first-order chi connectivity index (χ1) is 28.3. The SMILES string of the molecule is c1ccc(-c2nnc(-c3ccc(-c4ccc5c(-c6ccc7ccccc7c6)c6ccccc6c(-c6ccc7ccccc7c6)c5c4)cn3)n2-c2ccccc2)cc1. The summed E-state index contributed by atoms with van der Waals surface area (Å²) >= 11 is 0. The standard InChI is InChI=1S/C53H34N4/c1-3-15-37(16-4-1)52-55-56-53(57(52)44-19-5-2-6-20-44)49-30-28-43(34-54-49)40-27-29-47-48(33-40)51(42-26-24-36-14-8-10-18-39(36)32-42)46-22-12-11-21-45(46)50(47)41-25-23-35-13-7-9-17-38(35)31-41/h1-34H. The van der Waals surface area contributed by atoms with Gasteiger partial charge in [-0.3, -0.25) is 9.55 Å². The van der Waals surface area contributed by atoms with Crippen LogP contribution in [0.4, 0.5) is 0 Å². The van der Waals surface area contributed by atoms with Crippen LogP contribution in [0.2, 0.25) is 0 Å². The van der Waals surface area contributed by atoms with E-state index in [0.717, 1.165) is 33.9 Å². The van der Waals surface area contributed by atoms with Gasteiger partial charge in [0.2, 0.25) is 0 Å². The summed E-state index contributed by atoms with van der Waals surface area (Å²) in [7, 11) is 0. The molecule has 0 bridgehead atoms. The fourth-order valence-corrected chi connectivity index (χ4v) is 8.41. The lowest BCUT2D eigenvalue weighted by Gasteiger charge is -2.19. The maximum Gasteiger partial charge on any atom is 0.187 e. The van der Waals surface area contributed by atoms with Crippen molar-refractivity contribution in [2.24, 2.45) is 0 Å². The Hall–Kier alpha value is -7.69. The van der Waals surface area contributed by atoms with Crippen molar-refractivity contribution in [3.63, 3.8) is 0 Å². The fourth-order valence-electron chi connectivity index (χ4n) is 8.41. The number of benzene rings is 9. The van der Waals surface area contributed by atoms with Crippen molar-refractivity contribution in [1.29, 1.82) is 0 Å². The van der Waals surface area contributed by atoms with E-state index in [0.29, 0.717) is 5.82 Å². The van der Waals surface area contributed by atoms with Crippen molar-refractivity contribution in [2.75, 3.05) is 0 Å². The molecule has 4 heteroatoms. The van der Waals surface area contributed by atoms with Crippen LogP contribution in [0.1, 0.15) is 0 Å². The van der Waals surface area contributed by atoms with E-state index in [-0.39, 0.29) is 0 Å². The van der Waals surface area contributed by atoms with Crippen LogP contribution >= 0.6 is 0 Å². The van der Waals surface area contributed by atoms with Gasteiger partial charge in [-0.2, -0.15) is 0 Å². The average Bonchev–Trinajstić information content (AvgIpc) is 3.74. The molecule has 0 radical (unpaired) electrons. The third-order valence-electron chi connectivity index (χ3n) is 11.1. The Morgan fingerprint density at radius 2 is 0.825 bits per heavy atom. The van der Waals surface area contributed by atoms with Gasteiger partial charge in [-0.05, 0) is 107 Å². The fraction of sp³-hybridized carbons (Fsp3) is 0. The molecule has 0 atom stereocenters. The van der Waals surface area contributed by atoms with Crippen LogP contribution in [0.15, 0.2) is 206 Å². The molecule has 0 N–H and O–H groups in total. The number of pyridine rings is 1. The maximum atomic E-state index is 5.03. The van der Waals surface area contributed by atoms with Crippen LogP contribution < -0.4 is 0 Å². The summed E-state index contributed by atoms with van der Waals surface area (Å²) in [5.74, 6) is 1.46. The quantitative estimate of drug-likeness (QED) is 0.160. The number of nitrogens with zero attached hydrogens (tertiary/aromatic N) is 4. The lowest BCUT2D eigenvalue weighted by Crippen LogP contribution is -2.01. The molecule has 9 aromatic carbocycles. The predicted molar refractivity (Wildman–Crippen MR) is 236 cm³/mol. The van der Waals surface area contributed by atoms with E-state index in [9.17, 15) is 0 Å². The van der Waals surface area contributed by atoms with E-state index in [4.69, 9.17) is 4.98 Å². The maximum absolute atomic E-state index is 5.03. The van der Waals surface area contributed by atoms with Gasteiger partial charge in [0.15, 0.2) is 11.6 Å². The Kier molecular flexibility index (Phi) is 7.78. The number of aromatic nitrogens is 4. The third kappa shape index (κ3) is 5.66. The minimum atomic E-state index is 0.690. The number of hydrogen-bond acceptors (Lipinski definition) is 3. The van der Waals surface area contributed by atoms with Crippen molar-refractivity contribution in [2.45, 2.75) is 0 Å². The summed E-state index contributed by atoms with van der Waals surface area (Å²) in [5, 5.41) is 19.1. The van der Waals surface area contributed by atoms with Gasteiger partial charge in [0.25, 0.3) is 0 Å². The highest BCUT2D eigenvalue weighted by atomic mass is 15.3. The van der Waals surface area contributed by atoms with Gasteiger partial charge >= 0.3 is 0 Å². The van der Waals surface area contributed by atoms with Crippen LogP contribution in [0.5, 0.6) is 0 Å². The molecule has 0 aliphatic carbocycles. The van der Waals surface area contributed by atoms with Crippen molar-refractivity contribution in [1.82, 2.24) is 19.7 Å². The summed E-state index contributed by atoms with van der Waals surface area (Å²) in [6.07, 6.45) is 1.96. The smallest absolute Gasteiger partial charge is 0.187 e. The molecule has 0 spiro atoms. The minimum Gasteiger partial charge on any atom is -0.274 e. The number of para-hydroxylation sites is 1. The molecule has 0 aliphatic heterocycles. The van der Waals surface area contributed by atoms with Crippen molar-refractivity contribution in [3.8, 4) is 62.0 Å². The molecule has 0 amide bonds. The van der Waals surface area contributed by atoms with Crippen LogP contribution in [-0.4, -0.2) is 19.7 Å². The first-order valence-corrected chi connectivity index (χ1v) is 19.3. The zero-order valence-corrected chi connectivity index (χ0v) is 30.9. The number of fused-ring (bicyclic) bond motifs is 4. The van der Waals surface area contributed by atoms with Gasteiger partial charge < -0.3 is 0 Å². The van der Waals surface area contributed by atoms with Gasteiger partial charge in [-0.25, -0.2) is 0 Å². The van der Waals surface area contributed by atoms with Crippen LogP contribution in [-0.2, 0) is 0 Å². The van der Waals surface area contributed by atoms with Gasteiger partial charge in [0.1, 0.15) is 5.69 Å². The molecule has 4 nitrogen and oxygen atoms in total. The molecule has 0 saturated heterocycles. The Bertz CT molecular complexity index is 3280.